The van der Waals surface area contributed by atoms with Crippen LogP contribution in [0.4, 0.5) is 0 Å². The summed E-state index contributed by atoms with van der Waals surface area (Å²) in [6.07, 6.45) is 0. The third kappa shape index (κ3) is 4.50. The summed E-state index contributed by atoms with van der Waals surface area (Å²) in [5.41, 5.74) is 1.68. The van der Waals surface area contributed by atoms with Gasteiger partial charge >= 0.3 is 0 Å². The molecule has 2 aromatic carbocycles. The minimum atomic E-state index is -0.169. The first kappa shape index (κ1) is 21.6. The van der Waals surface area contributed by atoms with Gasteiger partial charge in [-0.2, -0.15) is 0 Å². The Hall–Kier alpha value is -3.65. The van der Waals surface area contributed by atoms with Gasteiger partial charge in [-0.3, -0.25) is 19.3 Å². The second kappa shape index (κ2) is 9.23. The van der Waals surface area contributed by atoms with Gasteiger partial charge in [0.05, 0.1) is 20.8 Å². The summed E-state index contributed by atoms with van der Waals surface area (Å²) in [6, 6.07) is 13.6. The van der Waals surface area contributed by atoms with Gasteiger partial charge < -0.3 is 19.4 Å². The number of piperazine rings is 1. The molecule has 4 rings (SSSR count). The predicted molar refractivity (Wildman–Crippen MR) is 121 cm³/mol. The Morgan fingerprint density at radius 2 is 1.59 bits per heavy atom. The van der Waals surface area contributed by atoms with E-state index >= 15 is 0 Å². The van der Waals surface area contributed by atoms with Crippen molar-refractivity contribution in [2.75, 3.05) is 46.9 Å². The van der Waals surface area contributed by atoms with E-state index in [9.17, 15) is 14.4 Å². The fourth-order valence-corrected chi connectivity index (χ4v) is 3.88. The molecular weight excluding hydrogens is 410 g/mol. The van der Waals surface area contributed by atoms with Crippen LogP contribution in [0.15, 0.2) is 53.3 Å². The van der Waals surface area contributed by atoms with Gasteiger partial charge in [0, 0.05) is 48.9 Å². The van der Waals surface area contributed by atoms with Gasteiger partial charge in [-0.25, -0.2) is 0 Å². The number of aromatic nitrogens is 1. The van der Waals surface area contributed by atoms with E-state index in [1.165, 1.54) is 13.2 Å². The summed E-state index contributed by atoms with van der Waals surface area (Å²) in [5.74, 6) is 1.03. The number of amides is 1. The Balaban J connectivity index is 1.36. The molecule has 166 valence electrons. The molecule has 0 radical (unpaired) electrons. The van der Waals surface area contributed by atoms with Crippen LogP contribution in [0.25, 0.3) is 10.9 Å². The standard InChI is InChI=1S/C24H25N3O5/c1-31-21-7-4-18(14-22(21)32-2)24(30)27-11-9-26(10-12-27)15-20(28)17-3-6-19-16(13-17)5-8-23(29)25-19/h3-8,13-14H,9-12,15H2,1-2H3,(H,25,29). The van der Waals surface area contributed by atoms with E-state index in [4.69, 9.17) is 9.47 Å². The van der Waals surface area contributed by atoms with Crippen LogP contribution in [0.3, 0.4) is 0 Å². The molecule has 32 heavy (non-hydrogen) atoms. The van der Waals surface area contributed by atoms with E-state index in [2.05, 4.69) is 9.88 Å². The molecule has 0 unspecified atom stereocenters. The minimum absolute atomic E-state index is 0.0118. The number of nitrogens with zero attached hydrogens (tertiary/aromatic N) is 2. The number of rotatable bonds is 6. The van der Waals surface area contributed by atoms with Crippen molar-refractivity contribution in [2.24, 2.45) is 0 Å². The van der Waals surface area contributed by atoms with Crippen molar-refractivity contribution in [1.82, 2.24) is 14.8 Å². The van der Waals surface area contributed by atoms with Gasteiger partial charge in [-0.1, -0.05) is 0 Å². The third-order valence-electron chi connectivity index (χ3n) is 5.70. The van der Waals surface area contributed by atoms with Gasteiger partial charge in [0.2, 0.25) is 5.56 Å². The number of benzene rings is 2. The van der Waals surface area contributed by atoms with Crippen LogP contribution in [0.1, 0.15) is 20.7 Å². The van der Waals surface area contributed by atoms with Crippen molar-refractivity contribution in [2.45, 2.75) is 0 Å². The number of fused-ring (bicyclic) bond motifs is 1. The van der Waals surface area contributed by atoms with Gasteiger partial charge in [0.25, 0.3) is 5.91 Å². The molecule has 1 N–H and O–H groups in total. The Morgan fingerprint density at radius 3 is 2.31 bits per heavy atom. The summed E-state index contributed by atoms with van der Waals surface area (Å²) < 4.78 is 10.5. The van der Waals surface area contributed by atoms with Crippen molar-refractivity contribution in [3.63, 3.8) is 0 Å². The Bertz CT molecular complexity index is 1210. The number of aromatic amines is 1. The van der Waals surface area contributed by atoms with Gasteiger partial charge in [0.15, 0.2) is 17.3 Å². The zero-order chi connectivity index (χ0) is 22.7. The lowest BCUT2D eigenvalue weighted by Crippen LogP contribution is -2.49. The molecule has 0 atom stereocenters. The number of ketones is 1. The number of ether oxygens (including phenoxy) is 2. The van der Waals surface area contributed by atoms with E-state index in [-0.39, 0.29) is 23.8 Å². The zero-order valence-corrected chi connectivity index (χ0v) is 18.1. The van der Waals surface area contributed by atoms with Crippen molar-refractivity contribution in [3.8, 4) is 11.5 Å². The first-order valence-electron chi connectivity index (χ1n) is 10.4. The van der Waals surface area contributed by atoms with Crippen molar-refractivity contribution < 1.29 is 19.1 Å². The molecule has 1 amide bonds. The summed E-state index contributed by atoms with van der Waals surface area (Å²) >= 11 is 0. The average molecular weight is 435 g/mol. The van der Waals surface area contributed by atoms with Crippen LogP contribution in [0, 0.1) is 0 Å². The van der Waals surface area contributed by atoms with Crippen LogP contribution in [0.2, 0.25) is 0 Å². The Labute approximate surface area is 185 Å². The van der Waals surface area contributed by atoms with Crippen LogP contribution < -0.4 is 15.0 Å². The monoisotopic (exact) mass is 435 g/mol. The SMILES string of the molecule is COc1ccc(C(=O)N2CCN(CC(=O)c3ccc4[nH]c(=O)ccc4c3)CC2)cc1OC. The molecule has 3 aromatic rings. The van der Waals surface area contributed by atoms with Crippen molar-refractivity contribution in [1.29, 1.82) is 0 Å². The number of nitrogens with one attached hydrogen (secondary N) is 1. The number of pyridine rings is 1. The minimum Gasteiger partial charge on any atom is -0.493 e. The molecule has 1 aliphatic rings. The highest BCUT2D eigenvalue weighted by atomic mass is 16.5. The quantitative estimate of drug-likeness (QED) is 0.597. The van der Waals surface area contributed by atoms with Gasteiger partial charge in [0.1, 0.15) is 0 Å². The van der Waals surface area contributed by atoms with E-state index in [1.54, 1.807) is 54.5 Å². The first-order chi connectivity index (χ1) is 15.5. The number of carbonyl (C=O) groups excluding carboxylic acids is 2. The molecule has 1 aromatic heterocycles. The van der Waals surface area contributed by atoms with Crippen molar-refractivity contribution >= 4 is 22.6 Å². The number of hydrogen-bond donors (Lipinski definition) is 1. The highest BCUT2D eigenvalue weighted by molar-refractivity contribution is 6.00. The molecule has 0 aliphatic carbocycles. The molecule has 1 saturated heterocycles. The highest BCUT2D eigenvalue weighted by Gasteiger charge is 2.24. The van der Waals surface area contributed by atoms with Gasteiger partial charge in [-0.05, 0) is 47.9 Å². The molecule has 8 nitrogen and oxygen atoms in total. The molecule has 1 fully saturated rings. The van der Waals surface area contributed by atoms with E-state index < -0.39 is 0 Å². The summed E-state index contributed by atoms with van der Waals surface area (Å²) in [7, 11) is 3.09. The predicted octanol–water partition coefficient (Wildman–Crippen LogP) is 2.19. The Kier molecular flexibility index (Phi) is 6.23. The molecule has 8 heteroatoms. The lowest BCUT2D eigenvalue weighted by molar-refractivity contribution is 0.0624. The maximum Gasteiger partial charge on any atom is 0.254 e. The number of H-pyrrole nitrogens is 1. The molecule has 1 aliphatic heterocycles. The van der Waals surface area contributed by atoms with Crippen LogP contribution in [-0.2, 0) is 0 Å². The largest absolute Gasteiger partial charge is 0.493 e. The second-order valence-corrected chi connectivity index (χ2v) is 7.69. The molecule has 0 spiro atoms. The molecule has 0 bridgehead atoms. The molecule has 2 heterocycles. The van der Waals surface area contributed by atoms with E-state index in [0.717, 1.165) is 5.39 Å². The Morgan fingerprint density at radius 1 is 0.875 bits per heavy atom. The maximum absolute atomic E-state index is 12.9. The fourth-order valence-electron chi connectivity index (χ4n) is 3.88. The smallest absolute Gasteiger partial charge is 0.254 e. The normalized spacial score (nSPS) is 14.4. The summed E-state index contributed by atoms with van der Waals surface area (Å²) in [5, 5.41) is 0.820. The number of hydrogen-bond acceptors (Lipinski definition) is 6. The summed E-state index contributed by atoms with van der Waals surface area (Å²) in [4.78, 5) is 43.7. The van der Waals surface area contributed by atoms with Crippen LogP contribution in [0.5, 0.6) is 11.5 Å². The lowest BCUT2D eigenvalue weighted by Gasteiger charge is -2.34. The summed E-state index contributed by atoms with van der Waals surface area (Å²) in [6.45, 7) is 2.60. The maximum atomic E-state index is 12.9. The topological polar surface area (TPSA) is 91.9 Å². The van der Waals surface area contributed by atoms with Crippen molar-refractivity contribution in [3.05, 3.63) is 70.0 Å². The number of Topliss-reactive ketones (excluding diaryl/α,β-unsaturated/α-hetero) is 1. The number of carbonyl (C=O) groups is 2. The third-order valence-corrected chi connectivity index (χ3v) is 5.70. The zero-order valence-electron chi connectivity index (χ0n) is 18.1. The van der Waals surface area contributed by atoms with Crippen LogP contribution in [-0.4, -0.2) is 73.4 Å². The van der Waals surface area contributed by atoms with Gasteiger partial charge in [-0.15, -0.1) is 0 Å². The fraction of sp³-hybridized carbons (Fsp3) is 0.292. The average Bonchev–Trinajstić information content (AvgIpc) is 2.83. The molecule has 0 saturated carbocycles. The number of methoxy groups -OCH3 is 2. The van der Waals surface area contributed by atoms with E-state index in [1.807, 2.05) is 0 Å². The lowest BCUT2D eigenvalue weighted by atomic mass is 10.1. The second-order valence-electron chi connectivity index (χ2n) is 7.69. The first-order valence-corrected chi connectivity index (χ1v) is 10.4. The highest BCUT2D eigenvalue weighted by Crippen LogP contribution is 2.28. The van der Waals surface area contributed by atoms with E-state index in [0.29, 0.717) is 54.3 Å². The van der Waals surface area contributed by atoms with Crippen LogP contribution >= 0.6 is 0 Å². The molecular formula is C24H25N3O5.